The van der Waals surface area contributed by atoms with Crippen LogP contribution in [0.1, 0.15) is 5.56 Å². The molecule has 1 rings (SSSR count). The van der Waals surface area contributed by atoms with Gasteiger partial charge in [-0.2, -0.15) is 13.2 Å². The van der Waals surface area contributed by atoms with Crippen LogP contribution in [-0.4, -0.2) is 10.4 Å². The molecule has 0 aliphatic heterocycles. The largest absolute Gasteiger partial charge is 0.410 e. The van der Waals surface area contributed by atoms with Crippen molar-refractivity contribution in [3.8, 4) is 0 Å². The van der Waals surface area contributed by atoms with Crippen LogP contribution < -0.4 is 0 Å². The average molecular weight is 234 g/mol. The predicted octanol–water partition coefficient (Wildman–Crippen LogP) is 3.18. The fraction of sp³-hybridized carbons (Fsp3) is 0.200. The summed E-state index contributed by atoms with van der Waals surface area (Å²) in [7, 11) is -1.74. The van der Waals surface area contributed by atoms with E-state index in [1.54, 1.807) is 24.3 Å². The van der Waals surface area contributed by atoms with Gasteiger partial charge in [0.25, 0.3) is 0 Å². The molecule has 0 aromatic heterocycles. The Morgan fingerprint density at radius 1 is 1.20 bits per heavy atom. The standard InChI is InChI=1S/C10H9F3OS/c1-8-2-4-9(5-3-8)15(14)7-6-10(11,12)13/h2-7H,1H3/b7-6+/t15-/m1/s1. The summed E-state index contributed by atoms with van der Waals surface area (Å²) in [4.78, 5) is 0.362. The van der Waals surface area contributed by atoms with Gasteiger partial charge in [0, 0.05) is 16.4 Å². The van der Waals surface area contributed by atoms with Crippen molar-refractivity contribution in [1.82, 2.24) is 0 Å². The summed E-state index contributed by atoms with van der Waals surface area (Å²) < 4.78 is 46.7. The molecule has 0 N–H and O–H groups in total. The topological polar surface area (TPSA) is 17.1 Å². The van der Waals surface area contributed by atoms with Gasteiger partial charge in [-0.25, -0.2) is 4.21 Å². The molecular formula is C10H9F3OS. The molecule has 82 valence electrons. The number of aryl methyl sites for hydroxylation is 1. The van der Waals surface area contributed by atoms with E-state index in [-0.39, 0.29) is 6.08 Å². The molecule has 0 heterocycles. The third kappa shape index (κ3) is 4.29. The Labute approximate surface area is 88.1 Å². The van der Waals surface area contributed by atoms with E-state index >= 15 is 0 Å². The highest BCUT2D eigenvalue weighted by Crippen LogP contribution is 2.18. The van der Waals surface area contributed by atoms with Gasteiger partial charge in [0.1, 0.15) is 0 Å². The van der Waals surface area contributed by atoms with E-state index < -0.39 is 17.0 Å². The maximum Gasteiger partial charge on any atom is 0.410 e. The molecule has 15 heavy (non-hydrogen) atoms. The normalized spacial score (nSPS) is 14.4. The Morgan fingerprint density at radius 3 is 2.20 bits per heavy atom. The molecule has 0 saturated heterocycles. The second-order valence-electron chi connectivity index (χ2n) is 2.95. The van der Waals surface area contributed by atoms with Crippen LogP contribution in [0.2, 0.25) is 0 Å². The number of rotatable bonds is 2. The van der Waals surface area contributed by atoms with Gasteiger partial charge in [0.15, 0.2) is 0 Å². The summed E-state index contributed by atoms with van der Waals surface area (Å²) in [6.07, 6.45) is -4.43. The van der Waals surface area contributed by atoms with E-state index in [4.69, 9.17) is 0 Å². The summed E-state index contributed by atoms with van der Waals surface area (Å²) in [5.74, 6) is 0. The first-order valence-corrected chi connectivity index (χ1v) is 5.33. The minimum Gasteiger partial charge on any atom is -0.250 e. The van der Waals surface area contributed by atoms with E-state index in [0.29, 0.717) is 10.3 Å². The molecule has 0 amide bonds. The van der Waals surface area contributed by atoms with Gasteiger partial charge in [-0.3, -0.25) is 0 Å². The van der Waals surface area contributed by atoms with Crippen LogP contribution in [-0.2, 0) is 10.8 Å². The molecule has 1 nitrogen and oxygen atoms in total. The van der Waals surface area contributed by atoms with Crippen molar-refractivity contribution in [2.24, 2.45) is 0 Å². The molecule has 1 atom stereocenters. The number of alkyl halides is 3. The number of halogens is 3. The predicted molar refractivity (Wildman–Crippen MR) is 52.8 cm³/mol. The lowest BCUT2D eigenvalue weighted by Gasteiger charge is -1.99. The lowest BCUT2D eigenvalue weighted by Crippen LogP contribution is -2.01. The molecular weight excluding hydrogens is 225 g/mol. The van der Waals surface area contributed by atoms with Crippen LogP contribution in [0, 0.1) is 6.92 Å². The first-order valence-electron chi connectivity index (χ1n) is 4.12. The first-order chi connectivity index (χ1) is 6.88. The van der Waals surface area contributed by atoms with E-state index in [0.717, 1.165) is 5.56 Å². The highest BCUT2D eigenvalue weighted by molar-refractivity contribution is 7.88. The van der Waals surface area contributed by atoms with Crippen molar-refractivity contribution in [3.05, 3.63) is 41.3 Å². The van der Waals surface area contributed by atoms with Crippen LogP contribution in [0.25, 0.3) is 0 Å². The van der Waals surface area contributed by atoms with Gasteiger partial charge in [0.2, 0.25) is 0 Å². The smallest absolute Gasteiger partial charge is 0.250 e. The molecule has 0 aliphatic rings. The highest BCUT2D eigenvalue weighted by Gasteiger charge is 2.22. The zero-order valence-electron chi connectivity index (χ0n) is 7.91. The van der Waals surface area contributed by atoms with E-state index in [1.807, 2.05) is 6.92 Å². The second-order valence-corrected chi connectivity index (χ2v) is 4.29. The number of benzene rings is 1. The van der Waals surface area contributed by atoms with Crippen molar-refractivity contribution in [3.63, 3.8) is 0 Å². The van der Waals surface area contributed by atoms with E-state index in [9.17, 15) is 17.4 Å². The minimum atomic E-state index is -4.42. The molecule has 0 aliphatic carbocycles. The number of allylic oxidation sites excluding steroid dienone is 1. The van der Waals surface area contributed by atoms with Crippen LogP contribution in [0.15, 0.2) is 40.6 Å². The summed E-state index contributed by atoms with van der Waals surface area (Å²) in [5.41, 5.74) is 0.968. The Kier molecular flexibility index (Phi) is 3.68. The molecule has 5 heteroatoms. The Morgan fingerprint density at radius 2 is 1.73 bits per heavy atom. The molecule has 0 unspecified atom stereocenters. The fourth-order valence-corrected chi connectivity index (χ4v) is 1.73. The fourth-order valence-electron chi connectivity index (χ4n) is 0.890. The van der Waals surface area contributed by atoms with Crippen molar-refractivity contribution in [2.45, 2.75) is 18.0 Å². The molecule has 0 saturated carbocycles. The van der Waals surface area contributed by atoms with Crippen LogP contribution in [0.4, 0.5) is 13.2 Å². The monoisotopic (exact) mass is 234 g/mol. The first kappa shape index (κ1) is 12.0. The Bertz CT molecular complexity index is 379. The number of hydrogen-bond donors (Lipinski definition) is 0. The van der Waals surface area contributed by atoms with Gasteiger partial charge in [0.05, 0.1) is 10.8 Å². The van der Waals surface area contributed by atoms with Gasteiger partial charge in [-0.1, -0.05) is 17.7 Å². The zero-order valence-corrected chi connectivity index (χ0v) is 8.73. The van der Waals surface area contributed by atoms with E-state index in [1.165, 1.54) is 0 Å². The Hall–Kier alpha value is -1.10. The summed E-state index contributed by atoms with van der Waals surface area (Å²) in [6, 6.07) is 6.50. The van der Waals surface area contributed by atoms with Crippen molar-refractivity contribution >= 4 is 10.8 Å². The highest BCUT2D eigenvalue weighted by atomic mass is 32.2. The van der Waals surface area contributed by atoms with Crippen molar-refractivity contribution in [1.29, 1.82) is 0 Å². The summed E-state index contributed by atoms with van der Waals surface area (Å²) >= 11 is 0. The lowest BCUT2D eigenvalue weighted by atomic mass is 10.2. The summed E-state index contributed by atoms with van der Waals surface area (Å²) in [5, 5.41) is 0.644. The summed E-state index contributed by atoms with van der Waals surface area (Å²) in [6.45, 7) is 1.85. The Balaban J connectivity index is 2.78. The van der Waals surface area contributed by atoms with Gasteiger partial charge >= 0.3 is 6.18 Å². The van der Waals surface area contributed by atoms with Crippen molar-refractivity contribution < 1.29 is 17.4 Å². The third-order valence-electron chi connectivity index (χ3n) is 1.63. The average Bonchev–Trinajstić information content (AvgIpc) is 2.14. The SMILES string of the molecule is Cc1ccc([S@](=O)/C=C/C(F)(F)F)cc1. The molecule has 1 aromatic carbocycles. The lowest BCUT2D eigenvalue weighted by molar-refractivity contribution is -0.0796. The van der Waals surface area contributed by atoms with Crippen LogP contribution >= 0.6 is 0 Å². The quantitative estimate of drug-likeness (QED) is 0.768. The van der Waals surface area contributed by atoms with Gasteiger partial charge in [-0.05, 0) is 19.1 Å². The third-order valence-corrected chi connectivity index (χ3v) is 2.75. The van der Waals surface area contributed by atoms with Crippen molar-refractivity contribution in [2.75, 3.05) is 0 Å². The molecule has 0 radical (unpaired) electrons. The maximum absolute atomic E-state index is 11.8. The molecule has 0 spiro atoms. The van der Waals surface area contributed by atoms with Crippen LogP contribution in [0.3, 0.4) is 0 Å². The molecule has 0 fully saturated rings. The van der Waals surface area contributed by atoms with Gasteiger partial charge < -0.3 is 0 Å². The molecule has 0 bridgehead atoms. The van der Waals surface area contributed by atoms with Crippen LogP contribution in [0.5, 0.6) is 0 Å². The minimum absolute atomic E-state index is 0.0109. The zero-order chi connectivity index (χ0) is 11.5. The maximum atomic E-state index is 11.8. The van der Waals surface area contributed by atoms with E-state index in [2.05, 4.69) is 0 Å². The van der Waals surface area contributed by atoms with Gasteiger partial charge in [-0.15, -0.1) is 0 Å². The number of hydrogen-bond acceptors (Lipinski definition) is 1. The second kappa shape index (κ2) is 4.61. The molecule has 1 aromatic rings.